The van der Waals surface area contributed by atoms with Crippen LogP contribution in [0.15, 0.2) is 24.3 Å². The molecule has 2 amide bonds. The molecular weight excluding hydrogens is 346 g/mol. The van der Waals surface area contributed by atoms with Gasteiger partial charge in [-0.2, -0.15) is 0 Å². The van der Waals surface area contributed by atoms with Crippen LogP contribution in [0.5, 0.6) is 0 Å². The van der Waals surface area contributed by atoms with Crippen molar-refractivity contribution < 1.29 is 24.2 Å². The van der Waals surface area contributed by atoms with Crippen LogP contribution >= 0.6 is 12.2 Å². The predicted molar refractivity (Wildman–Crippen MR) is 96.1 cm³/mol. The van der Waals surface area contributed by atoms with Gasteiger partial charge in [0.1, 0.15) is 0 Å². The molecule has 25 heavy (non-hydrogen) atoms. The largest absolute Gasteiger partial charge is 0.469 e. The van der Waals surface area contributed by atoms with E-state index in [9.17, 15) is 14.4 Å². The molecule has 0 saturated heterocycles. The van der Waals surface area contributed by atoms with Gasteiger partial charge in [0.25, 0.3) is 5.91 Å². The zero-order valence-electron chi connectivity index (χ0n) is 13.8. The molecule has 0 heterocycles. The third-order valence-electron chi connectivity index (χ3n) is 3.08. The highest BCUT2D eigenvalue weighted by molar-refractivity contribution is 7.80. The number of carbonyl (C=O) groups is 3. The van der Waals surface area contributed by atoms with E-state index in [1.165, 1.54) is 7.11 Å². The average Bonchev–Trinajstić information content (AvgIpc) is 2.60. The second-order valence-corrected chi connectivity index (χ2v) is 5.37. The molecule has 0 fully saturated rings. The van der Waals surface area contributed by atoms with Gasteiger partial charge in [-0.15, -0.1) is 0 Å². The minimum Gasteiger partial charge on any atom is -0.469 e. The molecule has 8 nitrogen and oxygen atoms in total. The Morgan fingerprint density at radius 3 is 2.60 bits per heavy atom. The van der Waals surface area contributed by atoms with Crippen molar-refractivity contribution in [2.75, 3.05) is 25.6 Å². The van der Waals surface area contributed by atoms with Crippen molar-refractivity contribution in [3.05, 3.63) is 29.8 Å². The fourth-order valence-electron chi connectivity index (χ4n) is 1.83. The van der Waals surface area contributed by atoms with Crippen LogP contribution in [0.4, 0.5) is 5.69 Å². The fourth-order valence-corrected chi connectivity index (χ4v) is 2.05. The summed E-state index contributed by atoms with van der Waals surface area (Å²) in [7, 11) is 1.25. The van der Waals surface area contributed by atoms with E-state index in [2.05, 4.69) is 20.7 Å². The summed E-state index contributed by atoms with van der Waals surface area (Å²) in [5.41, 5.74) is 0.786. The van der Waals surface area contributed by atoms with Gasteiger partial charge in [0.15, 0.2) is 5.11 Å². The lowest BCUT2D eigenvalue weighted by molar-refractivity contribution is -0.142. The van der Waals surface area contributed by atoms with Crippen molar-refractivity contribution in [1.82, 2.24) is 10.6 Å². The normalized spacial score (nSPS) is 9.84. The Kier molecular flexibility index (Phi) is 9.12. The van der Waals surface area contributed by atoms with Crippen LogP contribution < -0.4 is 16.0 Å². The number of thiocarbonyl (C=S) groups is 1. The molecule has 0 saturated carbocycles. The molecule has 1 rings (SSSR count). The van der Waals surface area contributed by atoms with Crippen LogP contribution in [-0.2, 0) is 14.3 Å². The van der Waals surface area contributed by atoms with Gasteiger partial charge in [-0.3, -0.25) is 14.4 Å². The molecule has 0 spiro atoms. The molecule has 0 aliphatic carbocycles. The van der Waals surface area contributed by atoms with Gasteiger partial charge in [-0.05, 0) is 30.8 Å². The number of esters is 1. The van der Waals surface area contributed by atoms with Crippen LogP contribution in [0, 0.1) is 0 Å². The number of rotatable bonds is 8. The van der Waals surface area contributed by atoms with E-state index in [0.29, 0.717) is 24.2 Å². The summed E-state index contributed by atoms with van der Waals surface area (Å²) in [4.78, 5) is 34.9. The summed E-state index contributed by atoms with van der Waals surface area (Å²) in [6.07, 6.45) is 0.350. The number of aliphatic hydroxyl groups is 1. The van der Waals surface area contributed by atoms with Crippen molar-refractivity contribution in [2.45, 2.75) is 19.3 Å². The number of benzene rings is 1. The Labute approximate surface area is 150 Å². The van der Waals surface area contributed by atoms with E-state index in [1.807, 2.05) is 0 Å². The fraction of sp³-hybridized carbons (Fsp3) is 0.375. The minimum absolute atomic E-state index is 0.0120. The van der Waals surface area contributed by atoms with Gasteiger partial charge in [-0.1, -0.05) is 12.1 Å². The molecule has 9 heteroatoms. The van der Waals surface area contributed by atoms with E-state index < -0.39 is 11.9 Å². The quantitative estimate of drug-likeness (QED) is 0.301. The Balaban J connectivity index is 2.60. The van der Waals surface area contributed by atoms with Crippen molar-refractivity contribution in [3.63, 3.8) is 0 Å². The zero-order chi connectivity index (χ0) is 18.7. The summed E-state index contributed by atoms with van der Waals surface area (Å²) in [6, 6.07) is 6.67. The lowest BCUT2D eigenvalue weighted by atomic mass is 10.1. The SMILES string of the molecule is COC(=O)CCC(=O)NC(=S)Nc1ccccc1C(=O)NCCCO. The smallest absolute Gasteiger partial charge is 0.306 e. The molecular formula is C16H21N3O5S. The highest BCUT2D eigenvalue weighted by Crippen LogP contribution is 2.14. The number of para-hydroxylation sites is 1. The highest BCUT2D eigenvalue weighted by atomic mass is 32.1. The van der Waals surface area contributed by atoms with Crippen molar-refractivity contribution in [2.24, 2.45) is 0 Å². The van der Waals surface area contributed by atoms with Crippen LogP contribution in [0.25, 0.3) is 0 Å². The third kappa shape index (κ3) is 7.73. The van der Waals surface area contributed by atoms with Crippen LogP contribution in [0.1, 0.15) is 29.6 Å². The number of nitrogens with one attached hydrogen (secondary N) is 3. The van der Waals surface area contributed by atoms with E-state index in [-0.39, 0.29) is 30.5 Å². The molecule has 0 aromatic heterocycles. The maximum Gasteiger partial charge on any atom is 0.306 e. The first-order valence-corrected chi connectivity index (χ1v) is 8.04. The minimum atomic E-state index is -0.487. The average molecular weight is 367 g/mol. The zero-order valence-corrected chi connectivity index (χ0v) is 14.6. The lowest BCUT2D eigenvalue weighted by Gasteiger charge is -2.13. The summed E-state index contributed by atoms with van der Waals surface area (Å²) >= 11 is 5.05. The highest BCUT2D eigenvalue weighted by Gasteiger charge is 2.13. The number of methoxy groups -OCH3 is 1. The van der Waals surface area contributed by atoms with Gasteiger partial charge in [0, 0.05) is 19.6 Å². The summed E-state index contributed by atoms with van der Waals surface area (Å²) in [6.45, 7) is 0.334. The molecule has 4 N–H and O–H groups in total. The molecule has 0 bridgehead atoms. The van der Waals surface area contributed by atoms with E-state index in [1.54, 1.807) is 24.3 Å². The first-order chi connectivity index (χ1) is 12.0. The maximum absolute atomic E-state index is 12.1. The first kappa shape index (κ1) is 20.5. The summed E-state index contributed by atoms with van der Waals surface area (Å²) in [5, 5.41) is 16.7. The van der Waals surface area contributed by atoms with Crippen LogP contribution in [0.2, 0.25) is 0 Å². The Morgan fingerprint density at radius 2 is 1.92 bits per heavy atom. The second kappa shape index (κ2) is 11.1. The first-order valence-electron chi connectivity index (χ1n) is 7.63. The van der Waals surface area contributed by atoms with E-state index in [0.717, 1.165) is 0 Å². The molecule has 136 valence electrons. The third-order valence-corrected chi connectivity index (χ3v) is 3.28. The number of hydrogen-bond acceptors (Lipinski definition) is 6. The molecule has 0 atom stereocenters. The number of amides is 2. The topological polar surface area (TPSA) is 117 Å². The maximum atomic E-state index is 12.1. The lowest BCUT2D eigenvalue weighted by Crippen LogP contribution is -2.35. The molecule has 0 unspecified atom stereocenters. The molecule has 1 aromatic carbocycles. The number of anilines is 1. The van der Waals surface area contributed by atoms with Gasteiger partial charge >= 0.3 is 5.97 Å². The molecule has 1 aromatic rings. The monoisotopic (exact) mass is 367 g/mol. The number of aliphatic hydroxyl groups excluding tert-OH is 1. The van der Waals surface area contributed by atoms with Gasteiger partial charge in [0.2, 0.25) is 5.91 Å². The molecule has 0 aliphatic heterocycles. The summed E-state index contributed by atoms with van der Waals surface area (Å²) in [5.74, 6) is -1.25. The molecule has 0 aliphatic rings. The van der Waals surface area contributed by atoms with Crippen molar-refractivity contribution in [3.8, 4) is 0 Å². The number of ether oxygens (including phenoxy) is 1. The standard InChI is InChI=1S/C16H21N3O5S/c1-24-14(22)8-7-13(21)19-16(25)18-12-6-3-2-5-11(12)15(23)17-9-4-10-20/h2-3,5-6,20H,4,7-10H2,1H3,(H,17,23)(H2,18,19,21,25). The predicted octanol–water partition coefficient (Wildman–Crippen LogP) is 0.565. The van der Waals surface area contributed by atoms with Crippen molar-refractivity contribution in [1.29, 1.82) is 0 Å². The van der Waals surface area contributed by atoms with Crippen LogP contribution in [-0.4, -0.2) is 48.3 Å². The van der Waals surface area contributed by atoms with Crippen molar-refractivity contribution >= 4 is 40.8 Å². The Hall–Kier alpha value is -2.52. The van der Waals surface area contributed by atoms with E-state index in [4.69, 9.17) is 17.3 Å². The number of carbonyl (C=O) groups excluding carboxylic acids is 3. The molecule has 0 radical (unpaired) electrons. The Morgan fingerprint density at radius 1 is 1.20 bits per heavy atom. The second-order valence-electron chi connectivity index (χ2n) is 4.96. The van der Waals surface area contributed by atoms with Gasteiger partial charge < -0.3 is 25.8 Å². The van der Waals surface area contributed by atoms with E-state index >= 15 is 0 Å². The van der Waals surface area contributed by atoms with Gasteiger partial charge in [-0.25, -0.2) is 0 Å². The van der Waals surface area contributed by atoms with Gasteiger partial charge in [0.05, 0.1) is 24.8 Å². The van der Waals surface area contributed by atoms with Crippen LogP contribution in [0.3, 0.4) is 0 Å². The Bertz CT molecular complexity index is 636. The summed E-state index contributed by atoms with van der Waals surface area (Å²) < 4.78 is 4.46. The number of hydrogen-bond donors (Lipinski definition) is 4.